The molecule has 5 nitrogen and oxygen atoms in total. The first-order chi connectivity index (χ1) is 12.5. The second-order valence-corrected chi connectivity index (χ2v) is 8.19. The van der Waals surface area contributed by atoms with Gasteiger partial charge >= 0.3 is 5.97 Å². The summed E-state index contributed by atoms with van der Waals surface area (Å²) in [6.45, 7) is 11.0. The first-order valence-corrected chi connectivity index (χ1v) is 8.91. The number of pyridine rings is 1. The molecule has 0 aliphatic carbocycles. The summed E-state index contributed by atoms with van der Waals surface area (Å²) in [5.74, 6) is -0.977. The second kappa shape index (κ2) is 6.50. The summed E-state index contributed by atoms with van der Waals surface area (Å²) in [4.78, 5) is 14.9. The number of aryl methyl sites for hydroxylation is 1. The standard InChI is InChI=1S/C22H25NO4/c1-13-8-18-17(21(2,3)12-27-22(18,4)5)10-15(13)16-9-14(6-7-20(25)26)23-11-19(16)24/h6-11,24H,12H2,1-5H3,(H,25,26)/b7-6+. The van der Waals surface area contributed by atoms with Gasteiger partial charge in [-0.1, -0.05) is 19.9 Å². The minimum Gasteiger partial charge on any atom is -0.506 e. The fraction of sp³-hybridized carbons (Fsp3) is 0.364. The molecule has 0 saturated carbocycles. The SMILES string of the molecule is Cc1cc2c(cc1-c1cc(/C=C/C(=O)O)ncc1O)C(C)(C)COC2(C)C. The molecule has 0 atom stereocenters. The summed E-state index contributed by atoms with van der Waals surface area (Å²) in [7, 11) is 0. The van der Waals surface area contributed by atoms with Gasteiger partial charge in [-0.05, 0) is 61.2 Å². The van der Waals surface area contributed by atoms with E-state index in [0.717, 1.165) is 22.8 Å². The Morgan fingerprint density at radius 3 is 2.52 bits per heavy atom. The predicted octanol–water partition coefficient (Wildman–Crippen LogP) is 4.40. The van der Waals surface area contributed by atoms with E-state index in [1.54, 1.807) is 6.07 Å². The molecule has 2 heterocycles. The first-order valence-electron chi connectivity index (χ1n) is 8.91. The molecule has 5 heteroatoms. The van der Waals surface area contributed by atoms with Crippen LogP contribution in [0.1, 0.15) is 50.1 Å². The molecule has 142 valence electrons. The molecular weight excluding hydrogens is 342 g/mol. The van der Waals surface area contributed by atoms with E-state index in [2.05, 4.69) is 44.8 Å². The van der Waals surface area contributed by atoms with Crippen molar-refractivity contribution in [3.63, 3.8) is 0 Å². The van der Waals surface area contributed by atoms with Crippen molar-refractivity contribution in [3.05, 3.63) is 52.9 Å². The minimum atomic E-state index is -1.04. The van der Waals surface area contributed by atoms with Gasteiger partial charge in [0.1, 0.15) is 5.75 Å². The molecule has 2 N–H and O–H groups in total. The predicted molar refractivity (Wildman–Crippen MR) is 105 cm³/mol. The van der Waals surface area contributed by atoms with E-state index < -0.39 is 5.97 Å². The summed E-state index contributed by atoms with van der Waals surface area (Å²) in [6, 6.07) is 5.95. The minimum absolute atomic E-state index is 0.0645. The van der Waals surface area contributed by atoms with Gasteiger partial charge in [-0.2, -0.15) is 0 Å². The molecular formula is C22H25NO4. The summed E-state index contributed by atoms with van der Waals surface area (Å²) >= 11 is 0. The van der Waals surface area contributed by atoms with Crippen molar-refractivity contribution >= 4 is 12.0 Å². The monoisotopic (exact) mass is 367 g/mol. The van der Waals surface area contributed by atoms with Crippen LogP contribution in [-0.2, 0) is 20.5 Å². The van der Waals surface area contributed by atoms with Gasteiger partial charge in [0.05, 0.1) is 24.1 Å². The van der Waals surface area contributed by atoms with Gasteiger partial charge in [-0.3, -0.25) is 4.98 Å². The van der Waals surface area contributed by atoms with E-state index in [-0.39, 0.29) is 16.8 Å². The number of carbonyl (C=O) groups is 1. The van der Waals surface area contributed by atoms with E-state index in [9.17, 15) is 9.90 Å². The molecule has 1 aromatic carbocycles. The molecule has 0 saturated heterocycles. The zero-order valence-electron chi connectivity index (χ0n) is 16.3. The Bertz CT molecular complexity index is 942. The Labute approximate surface area is 159 Å². The van der Waals surface area contributed by atoms with Crippen molar-refractivity contribution in [1.29, 1.82) is 0 Å². The first kappa shape index (κ1) is 19.1. The molecule has 0 bridgehead atoms. The lowest BCUT2D eigenvalue weighted by Crippen LogP contribution is -2.40. The highest BCUT2D eigenvalue weighted by Crippen LogP contribution is 2.44. The molecule has 0 radical (unpaired) electrons. The highest BCUT2D eigenvalue weighted by atomic mass is 16.5. The van der Waals surface area contributed by atoms with Crippen molar-refractivity contribution < 1.29 is 19.7 Å². The van der Waals surface area contributed by atoms with Crippen LogP contribution in [0.25, 0.3) is 17.2 Å². The normalized spacial score (nSPS) is 17.7. The zero-order valence-corrected chi connectivity index (χ0v) is 16.3. The van der Waals surface area contributed by atoms with Crippen LogP contribution in [0.15, 0.2) is 30.5 Å². The molecule has 1 aliphatic heterocycles. The lowest BCUT2D eigenvalue weighted by Gasteiger charge is -2.42. The molecule has 3 rings (SSSR count). The second-order valence-electron chi connectivity index (χ2n) is 8.19. The smallest absolute Gasteiger partial charge is 0.328 e. The molecule has 1 aliphatic rings. The van der Waals surface area contributed by atoms with E-state index in [4.69, 9.17) is 9.84 Å². The Morgan fingerprint density at radius 2 is 1.85 bits per heavy atom. The van der Waals surface area contributed by atoms with Crippen LogP contribution in [0.5, 0.6) is 5.75 Å². The third-order valence-electron chi connectivity index (χ3n) is 5.13. The number of hydrogen-bond acceptors (Lipinski definition) is 4. The maximum Gasteiger partial charge on any atom is 0.328 e. The number of aromatic nitrogens is 1. The third kappa shape index (κ3) is 3.60. The van der Waals surface area contributed by atoms with E-state index in [0.29, 0.717) is 17.9 Å². The van der Waals surface area contributed by atoms with Gasteiger partial charge in [-0.15, -0.1) is 0 Å². The van der Waals surface area contributed by atoms with Gasteiger partial charge in [0.2, 0.25) is 0 Å². The highest BCUT2D eigenvalue weighted by molar-refractivity contribution is 5.85. The van der Waals surface area contributed by atoms with Crippen LogP contribution in [0.4, 0.5) is 0 Å². The quantitative estimate of drug-likeness (QED) is 0.786. The summed E-state index contributed by atoms with van der Waals surface area (Å²) < 4.78 is 6.08. The summed E-state index contributed by atoms with van der Waals surface area (Å²) in [5, 5.41) is 19.2. The lowest BCUT2D eigenvalue weighted by molar-refractivity contribution is -0.131. The fourth-order valence-electron chi connectivity index (χ4n) is 3.50. The molecule has 0 amide bonds. The van der Waals surface area contributed by atoms with E-state index >= 15 is 0 Å². The molecule has 2 aromatic rings. The topological polar surface area (TPSA) is 79.7 Å². The Kier molecular flexibility index (Phi) is 4.60. The highest BCUT2D eigenvalue weighted by Gasteiger charge is 2.38. The number of carboxylic acid groups (broad SMARTS) is 1. The number of benzene rings is 1. The van der Waals surface area contributed by atoms with Gasteiger partial charge in [0.15, 0.2) is 0 Å². The van der Waals surface area contributed by atoms with Gasteiger partial charge in [0, 0.05) is 17.1 Å². The van der Waals surface area contributed by atoms with Gasteiger partial charge in [0.25, 0.3) is 0 Å². The van der Waals surface area contributed by atoms with Crippen molar-refractivity contribution in [2.24, 2.45) is 0 Å². The van der Waals surface area contributed by atoms with Gasteiger partial charge < -0.3 is 14.9 Å². The number of rotatable bonds is 3. The fourth-order valence-corrected chi connectivity index (χ4v) is 3.50. The third-order valence-corrected chi connectivity index (χ3v) is 5.13. The Morgan fingerprint density at radius 1 is 1.15 bits per heavy atom. The summed E-state index contributed by atoms with van der Waals surface area (Å²) in [5.41, 5.74) is 4.85. The molecule has 0 unspecified atom stereocenters. The molecule has 0 fully saturated rings. The van der Waals surface area contributed by atoms with Gasteiger partial charge in [-0.25, -0.2) is 4.79 Å². The molecule has 1 aromatic heterocycles. The maximum absolute atomic E-state index is 10.8. The number of hydrogen-bond donors (Lipinski definition) is 2. The number of nitrogens with zero attached hydrogens (tertiary/aromatic N) is 1. The molecule has 0 spiro atoms. The Balaban J connectivity index is 2.19. The number of aliphatic carboxylic acids is 1. The summed E-state index contributed by atoms with van der Waals surface area (Å²) in [6.07, 6.45) is 3.81. The largest absolute Gasteiger partial charge is 0.506 e. The number of fused-ring (bicyclic) bond motifs is 1. The number of ether oxygens (including phenoxy) is 1. The number of aromatic hydroxyl groups is 1. The van der Waals surface area contributed by atoms with E-state index in [1.807, 2.05) is 6.92 Å². The average Bonchev–Trinajstić information content (AvgIpc) is 2.58. The zero-order chi connectivity index (χ0) is 20.0. The van der Waals surface area contributed by atoms with E-state index in [1.165, 1.54) is 17.8 Å². The maximum atomic E-state index is 10.8. The van der Waals surface area contributed by atoms with Crippen LogP contribution < -0.4 is 0 Å². The van der Waals surface area contributed by atoms with Crippen LogP contribution >= 0.6 is 0 Å². The van der Waals surface area contributed by atoms with Crippen LogP contribution in [0, 0.1) is 6.92 Å². The van der Waals surface area contributed by atoms with Crippen molar-refractivity contribution in [1.82, 2.24) is 4.98 Å². The number of carboxylic acids is 1. The van der Waals surface area contributed by atoms with Crippen LogP contribution in [0.3, 0.4) is 0 Å². The molecule has 27 heavy (non-hydrogen) atoms. The lowest BCUT2D eigenvalue weighted by atomic mass is 9.74. The van der Waals surface area contributed by atoms with Crippen LogP contribution in [0.2, 0.25) is 0 Å². The van der Waals surface area contributed by atoms with Crippen LogP contribution in [-0.4, -0.2) is 27.8 Å². The van der Waals surface area contributed by atoms with Crippen molar-refractivity contribution in [2.45, 2.75) is 45.6 Å². The average molecular weight is 367 g/mol. The van der Waals surface area contributed by atoms with Crippen molar-refractivity contribution in [3.8, 4) is 16.9 Å². The van der Waals surface area contributed by atoms with Crippen molar-refractivity contribution in [2.75, 3.05) is 6.61 Å². The Hall–Kier alpha value is -2.66.